The van der Waals surface area contributed by atoms with Crippen LogP contribution < -0.4 is 5.32 Å². The van der Waals surface area contributed by atoms with E-state index in [2.05, 4.69) is 19.2 Å². The molecule has 2 rings (SSSR count). The van der Waals surface area contributed by atoms with Crippen molar-refractivity contribution in [1.29, 1.82) is 0 Å². The quantitative estimate of drug-likeness (QED) is 0.752. The van der Waals surface area contributed by atoms with Crippen LogP contribution in [0.25, 0.3) is 0 Å². The maximum Gasteiger partial charge on any atom is 1.00 e. The van der Waals surface area contributed by atoms with Crippen LogP contribution in [0.5, 0.6) is 0 Å². The van der Waals surface area contributed by atoms with Gasteiger partial charge in [0.25, 0.3) is 0 Å². The lowest BCUT2D eigenvalue weighted by atomic mass is 10.2. The maximum atomic E-state index is 3.85. The van der Waals surface area contributed by atoms with Crippen molar-refractivity contribution in [1.82, 2.24) is 5.32 Å². The molecule has 0 bridgehead atoms. The second-order valence-electron chi connectivity index (χ2n) is 3.69. The average Bonchev–Trinajstić information content (AvgIpc) is 2.24. The highest BCUT2D eigenvalue weighted by Gasteiger charge is 2.29. The predicted octanol–water partition coefficient (Wildman–Crippen LogP) is 4.29. The summed E-state index contributed by atoms with van der Waals surface area (Å²) in [5.74, 6) is 2.51. The SMILES string of the molecule is CC1SSSCC1NC1CSSSC1C.[H+]. The molecule has 2 aliphatic rings. The zero-order chi connectivity index (χ0) is 10.7. The van der Waals surface area contributed by atoms with Crippen molar-refractivity contribution < 1.29 is 1.43 Å². The third-order valence-electron chi connectivity index (χ3n) is 2.53. The summed E-state index contributed by atoms with van der Waals surface area (Å²) in [6, 6.07) is 1.39. The van der Waals surface area contributed by atoms with Gasteiger partial charge in [0.1, 0.15) is 0 Å². The van der Waals surface area contributed by atoms with Gasteiger partial charge in [0.05, 0.1) is 0 Å². The summed E-state index contributed by atoms with van der Waals surface area (Å²) in [6.45, 7) is 4.69. The van der Waals surface area contributed by atoms with Crippen LogP contribution in [-0.4, -0.2) is 34.1 Å². The average molecular weight is 319 g/mol. The summed E-state index contributed by atoms with van der Waals surface area (Å²) < 4.78 is 0. The van der Waals surface area contributed by atoms with E-state index in [0.717, 1.165) is 10.5 Å². The molecule has 1 N–H and O–H groups in total. The zero-order valence-electron chi connectivity index (χ0n) is 9.67. The fraction of sp³-hybridized carbons (Fsp3) is 1.00. The summed E-state index contributed by atoms with van der Waals surface area (Å²) in [5, 5.41) is 5.33. The van der Waals surface area contributed by atoms with E-state index >= 15 is 0 Å². The Balaban J connectivity index is 0.00000128. The predicted molar refractivity (Wildman–Crippen MR) is 86.0 cm³/mol. The van der Waals surface area contributed by atoms with Crippen molar-refractivity contribution in [3.8, 4) is 0 Å². The van der Waals surface area contributed by atoms with Gasteiger partial charge in [0, 0.05) is 34.1 Å². The number of rotatable bonds is 2. The van der Waals surface area contributed by atoms with Crippen LogP contribution in [0.2, 0.25) is 0 Å². The summed E-state index contributed by atoms with van der Waals surface area (Å²) in [4.78, 5) is 0. The first-order chi connectivity index (χ1) is 7.27. The Morgan fingerprint density at radius 2 is 1.40 bits per heavy atom. The minimum absolute atomic E-state index is 0. The second kappa shape index (κ2) is 6.85. The van der Waals surface area contributed by atoms with Gasteiger partial charge in [-0.15, -0.1) is 0 Å². The van der Waals surface area contributed by atoms with Crippen molar-refractivity contribution >= 4 is 62.8 Å². The van der Waals surface area contributed by atoms with Crippen LogP contribution in [0.4, 0.5) is 0 Å². The smallest absolute Gasteiger partial charge is 0.307 e. The van der Waals surface area contributed by atoms with Gasteiger partial charge in [0.15, 0.2) is 0 Å². The van der Waals surface area contributed by atoms with E-state index < -0.39 is 0 Å². The fourth-order valence-corrected chi connectivity index (χ4v) is 11.1. The molecule has 0 aliphatic carbocycles. The molecule has 2 heterocycles. The number of nitrogens with one attached hydrogen (secondary N) is 1. The van der Waals surface area contributed by atoms with Crippen molar-refractivity contribution in [2.45, 2.75) is 36.4 Å². The normalized spacial score (nSPS) is 42.8. The Kier molecular flexibility index (Phi) is 6.16. The Morgan fingerprint density at radius 3 is 1.80 bits per heavy atom. The van der Waals surface area contributed by atoms with E-state index in [9.17, 15) is 0 Å². The van der Waals surface area contributed by atoms with E-state index in [1.54, 1.807) is 0 Å². The Bertz CT molecular complexity index is 189. The minimum atomic E-state index is 0. The van der Waals surface area contributed by atoms with Gasteiger partial charge in [-0.3, -0.25) is 0 Å². The third kappa shape index (κ3) is 4.03. The van der Waals surface area contributed by atoms with Gasteiger partial charge in [-0.2, -0.15) is 0 Å². The molecular formula is C8H16NS6+. The molecule has 0 amide bonds. The molecule has 7 heteroatoms. The standard InChI is InChI=1S/C8H15NS6/c1-5-7(3-10-14-12-5)9-8-4-11-15-13-6(8)2/h5-9H,3-4H2,1-2H3/p+1. The highest BCUT2D eigenvalue weighted by atomic mass is 33.5. The molecule has 2 saturated heterocycles. The van der Waals surface area contributed by atoms with Gasteiger partial charge < -0.3 is 5.32 Å². The number of hydrogen-bond donors (Lipinski definition) is 1. The molecule has 1 nitrogen and oxygen atoms in total. The van der Waals surface area contributed by atoms with Crippen LogP contribution in [-0.2, 0) is 0 Å². The van der Waals surface area contributed by atoms with E-state index in [1.807, 2.05) is 62.8 Å². The van der Waals surface area contributed by atoms with E-state index in [0.29, 0.717) is 12.1 Å². The Labute approximate surface area is 117 Å². The fourth-order valence-electron chi connectivity index (χ4n) is 1.43. The van der Waals surface area contributed by atoms with Gasteiger partial charge in [-0.25, -0.2) is 0 Å². The lowest BCUT2D eigenvalue weighted by Crippen LogP contribution is -2.50. The first-order valence-electron chi connectivity index (χ1n) is 4.93. The van der Waals surface area contributed by atoms with E-state index in [4.69, 9.17) is 0 Å². The zero-order valence-corrected chi connectivity index (χ0v) is 13.6. The monoisotopic (exact) mass is 318 g/mol. The van der Waals surface area contributed by atoms with Gasteiger partial charge in [-0.05, 0) is 19.7 Å². The topological polar surface area (TPSA) is 12.0 Å². The molecule has 4 atom stereocenters. The van der Waals surface area contributed by atoms with Crippen molar-refractivity contribution in [2.24, 2.45) is 0 Å². The molecule has 4 unspecified atom stereocenters. The summed E-state index contributed by atoms with van der Waals surface area (Å²) in [6.07, 6.45) is 0. The first kappa shape index (κ1) is 13.5. The highest BCUT2D eigenvalue weighted by Crippen LogP contribution is 2.46. The van der Waals surface area contributed by atoms with Crippen molar-refractivity contribution in [2.75, 3.05) is 11.5 Å². The highest BCUT2D eigenvalue weighted by molar-refractivity contribution is 9.10. The van der Waals surface area contributed by atoms with E-state index in [-0.39, 0.29) is 1.43 Å². The van der Waals surface area contributed by atoms with Crippen LogP contribution in [0, 0.1) is 0 Å². The molecule has 0 radical (unpaired) electrons. The lowest BCUT2D eigenvalue weighted by molar-refractivity contribution is 0.472. The Hall–Kier alpha value is 2.06. The van der Waals surface area contributed by atoms with Crippen LogP contribution in [0.3, 0.4) is 0 Å². The van der Waals surface area contributed by atoms with Crippen molar-refractivity contribution in [3.05, 3.63) is 0 Å². The molecule has 0 aromatic rings. The van der Waals surface area contributed by atoms with Crippen molar-refractivity contribution in [3.63, 3.8) is 0 Å². The number of hydrogen-bond acceptors (Lipinski definition) is 7. The van der Waals surface area contributed by atoms with Crippen LogP contribution in [0.15, 0.2) is 0 Å². The van der Waals surface area contributed by atoms with Crippen LogP contribution >= 0.6 is 62.8 Å². The Morgan fingerprint density at radius 1 is 0.933 bits per heavy atom. The van der Waals surface area contributed by atoms with E-state index in [1.165, 1.54) is 11.5 Å². The summed E-state index contributed by atoms with van der Waals surface area (Å²) in [7, 11) is 11.9. The first-order valence-corrected chi connectivity index (χ1v) is 12.4. The van der Waals surface area contributed by atoms with Crippen LogP contribution in [0.1, 0.15) is 15.3 Å². The maximum absolute atomic E-state index is 3.85. The molecule has 0 aromatic heterocycles. The summed E-state index contributed by atoms with van der Waals surface area (Å²) in [5.41, 5.74) is 0. The second-order valence-corrected chi connectivity index (χ2v) is 12.8. The molecule has 2 aliphatic heterocycles. The molecule has 88 valence electrons. The molecule has 0 aromatic carbocycles. The van der Waals surface area contributed by atoms with Gasteiger partial charge in [-0.1, -0.05) is 57.0 Å². The van der Waals surface area contributed by atoms with Gasteiger partial charge >= 0.3 is 1.43 Å². The lowest BCUT2D eigenvalue weighted by Gasteiger charge is -2.35. The molecule has 0 saturated carbocycles. The minimum Gasteiger partial charge on any atom is -0.307 e. The molecular weight excluding hydrogens is 302 g/mol. The van der Waals surface area contributed by atoms with Gasteiger partial charge in [0.2, 0.25) is 0 Å². The summed E-state index contributed by atoms with van der Waals surface area (Å²) >= 11 is 0. The largest absolute Gasteiger partial charge is 1.00 e. The third-order valence-corrected chi connectivity index (χ3v) is 12.0. The molecule has 15 heavy (non-hydrogen) atoms. The molecule has 0 spiro atoms. The molecule has 2 fully saturated rings.